The van der Waals surface area contributed by atoms with Crippen molar-refractivity contribution in [3.05, 3.63) is 70.6 Å². The second-order valence-corrected chi connectivity index (χ2v) is 5.96. The minimum atomic E-state index is -0.237. The molecule has 0 aliphatic heterocycles. The van der Waals surface area contributed by atoms with Crippen molar-refractivity contribution in [1.29, 1.82) is 0 Å². The standard InChI is InChI=1S/C18H17ClFN5/c1-12-2-7-15(10-16(12)19)23-17-11-22-25-18(24-17)21-9-8-13-3-5-14(20)6-4-13/h2-7,10-11H,8-9H2,1H3,(H2,21,23,24,25). The van der Waals surface area contributed by atoms with Crippen molar-refractivity contribution < 1.29 is 4.39 Å². The summed E-state index contributed by atoms with van der Waals surface area (Å²) in [5, 5.41) is 14.8. The highest BCUT2D eigenvalue weighted by molar-refractivity contribution is 6.31. The molecule has 7 heteroatoms. The molecule has 0 atom stereocenters. The van der Waals surface area contributed by atoms with Gasteiger partial charge >= 0.3 is 0 Å². The van der Waals surface area contributed by atoms with Gasteiger partial charge in [-0.2, -0.15) is 10.1 Å². The number of hydrogen-bond donors (Lipinski definition) is 2. The van der Waals surface area contributed by atoms with Crippen LogP contribution in [-0.2, 0) is 6.42 Å². The lowest BCUT2D eigenvalue weighted by Crippen LogP contribution is -2.09. The largest absolute Gasteiger partial charge is 0.353 e. The van der Waals surface area contributed by atoms with Gasteiger partial charge in [0.25, 0.3) is 0 Å². The van der Waals surface area contributed by atoms with Gasteiger partial charge in [-0.15, -0.1) is 5.10 Å². The predicted molar refractivity (Wildman–Crippen MR) is 97.9 cm³/mol. The number of aromatic nitrogens is 3. The van der Waals surface area contributed by atoms with Crippen LogP contribution in [0.2, 0.25) is 5.02 Å². The van der Waals surface area contributed by atoms with Crippen LogP contribution < -0.4 is 10.6 Å². The van der Waals surface area contributed by atoms with Gasteiger partial charge in [-0.1, -0.05) is 29.8 Å². The van der Waals surface area contributed by atoms with E-state index in [1.54, 1.807) is 18.3 Å². The first kappa shape index (κ1) is 17.1. The molecule has 0 unspecified atom stereocenters. The van der Waals surface area contributed by atoms with E-state index in [9.17, 15) is 4.39 Å². The number of hydrogen-bond acceptors (Lipinski definition) is 5. The van der Waals surface area contributed by atoms with Crippen LogP contribution in [0.25, 0.3) is 0 Å². The lowest BCUT2D eigenvalue weighted by atomic mass is 10.1. The van der Waals surface area contributed by atoms with E-state index in [0.29, 0.717) is 23.3 Å². The third-order valence-corrected chi connectivity index (χ3v) is 4.02. The highest BCUT2D eigenvalue weighted by Gasteiger charge is 2.03. The molecule has 2 aromatic carbocycles. The molecule has 1 heterocycles. The maximum Gasteiger partial charge on any atom is 0.244 e. The van der Waals surface area contributed by atoms with Gasteiger partial charge in [0.15, 0.2) is 5.82 Å². The van der Waals surface area contributed by atoms with Gasteiger partial charge in [0, 0.05) is 17.3 Å². The molecule has 0 radical (unpaired) electrons. The van der Waals surface area contributed by atoms with Crippen LogP contribution in [0.1, 0.15) is 11.1 Å². The summed E-state index contributed by atoms with van der Waals surface area (Å²) in [5.74, 6) is 0.753. The fraction of sp³-hybridized carbons (Fsp3) is 0.167. The quantitative estimate of drug-likeness (QED) is 0.685. The Morgan fingerprint density at radius 3 is 2.68 bits per heavy atom. The summed E-state index contributed by atoms with van der Waals surface area (Å²) in [5.41, 5.74) is 2.87. The van der Waals surface area contributed by atoms with Gasteiger partial charge < -0.3 is 10.6 Å². The van der Waals surface area contributed by atoms with E-state index in [0.717, 1.165) is 23.2 Å². The molecular formula is C18H17ClFN5. The van der Waals surface area contributed by atoms with Gasteiger partial charge in [-0.3, -0.25) is 0 Å². The number of anilines is 3. The Morgan fingerprint density at radius 1 is 1.12 bits per heavy atom. The third kappa shape index (κ3) is 4.87. The number of nitrogens with one attached hydrogen (secondary N) is 2. The lowest BCUT2D eigenvalue weighted by molar-refractivity contribution is 0.627. The summed E-state index contributed by atoms with van der Waals surface area (Å²) in [7, 11) is 0. The average molecular weight is 358 g/mol. The van der Waals surface area contributed by atoms with Crippen LogP contribution in [0.4, 0.5) is 21.8 Å². The van der Waals surface area contributed by atoms with Crippen LogP contribution in [-0.4, -0.2) is 21.7 Å². The molecule has 25 heavy (non-hydrogen) atoms. The molecule has 1 aromatic heterocycles. The summed E-state index contributed by atoms with van der Waals surface area (Å²) < 4.78 is 12.9. The molecule has 0 saturated carbocycles. The monoisotopic (exact) mass is 357 g/mol. The normalized spacial score (nSPS) is 10.5. The highest BCUT2D eigenvalue weighted by atomic mass is 35.5. The van der Waals surface area contributed by atoms with Gasteiger partial charge in [-0.05, 0) is 48.7 Å². The van der Waals surface area contributed by atoms with E-state index in [-0.39, 0.29) is 5.82 Å². The van der Waals surface area contributed by atoms with E-state index in [1.165, 1.54) is 12.1 Å². The first-order valence-electron chi connectivity index (χ1n) is 7.81. The molecule has 0 saturated heterocycles. The van der Waals surface area contributed by atoms with Crippen molar-refractivity contribution in [2.45, 2.75) is 13.3 Å². The van der Waals surface area contributed by atoms with Crippen LogP contribution in [0, 0.1) is 12.7 Å². The number of benzene rings is 2. The van der Waals surface area contributed by atoms with E-state index in [1.807, 2.05) is 25.1 Å². The Bertz CT molecular complexity index is 854. The minimum Gasteiger partial charge on any atom is -0.353 e. The zero-order valence-corrected chi connectivity index (χ0v) is 14.4. The fourth-order valence-corrected chi connectivity index (χ4v) is 2.41. The van der Waals surface area contributed by atoms with E-state index >= 15 is 0 Å². The fourth-order valence-electron chi connectivity index (χ4n) is 2.23. The van der Waals surface area contributed by atoms with Crippen LogP contribution in [0.3, 0.4) is 0 Å². The highest BCUT2D eigenvalue weighted by Crippen LogP contribution is 2.22. The number of rotatable bonds is 6. The first-order valence-corrected chi connectivity index (χ1v) is 8.19. The third-order valence-electron chi connectivity index (χ3n) is 3.61. The molecule has 0 spiro atoms. The smallest absolute Gasteiger partial charge is 0.244 e. The molecule has 0 bridgehead atoms. The Kier molecular flexibility index (Phi) is 5.40. The summed E-state index contributed by atoms with van der Waals surface area (Å²) in [6, 6.07) is 12.1. The van der Waals surface area contributed by atoms with Gasteiger partial charge in [-0.25, -0.2) is 4.39 Å². The summed E-state index contributed by atoms with van der Waals surface area (Å²) in [6.07, 6.45) is 2.27. The summed E-state index contributed by atoms with van der Waals surface area (Å²) in [4.78, 5) is 4.37. The van der Waals surface area contributed by atoms with Crippen molar-refractivity contribution >= 4 is 29.1 Å². The molecule has 3 rings (SSSR count). The molecule has 0 fully saturated rings. The molecule has 3 aromatic rings. The van der Waals surface area contributed by atoms with Gasteiger partial charge in [0.05, 0.1) is 6.20 Å². The van der Waals surface area contributed by atoms with E-state index in [2.05, 4.69) is 25.8 Å². The molecule has 128 valence electrons. The van der Waals surface area contributed by atoms with Crippen molar-refractivity contribution in [2.75, 3.05) is 17.2 Å². The number of nitrogens with zero attached hydrogens (tertiary/aromatic N) is 3. The Morgan fingerprint density at radius 2 is 1.92 bits per heavy atom. The predicted octanol–water partition coefficient (Wildman–Crippen LogP) is 4.37. The Labute approximate surface area is 150 Å². The molecule has 0 aliphatic rings. The van der Waals surface area contributed by atoms with Crippen LogP contribution in [0.5, 0.6) is 0 Å². The topological polar surface area (TPSA) is 62.7 Å². The number of aryl methyl sites for hydroxylation is 1. The Hall–Kier alpha value is -2.73. The van der Waals surface area contributed by atoms with Crippen molar-refractivity contribution in [3.8, 4) is 0 Å². The first-order chi connectivity index (χ1) is 12.1. The molecule has 0 amide bonds. The van der Waals surface area contributed by atoms with Crippen molar-refractivity contribution in [1.82, 2.24) is 15.2 Å². The molecule has 5 nitrogen and oxygen atoms in total. The van der Waals surface area contributed by atoms with E-state index in [4.69, 9.17) is 11.6 Å². The Balaban J connectivity index is 1.59. The lowest BCUT2D eigenvalue weighted by Gasteiger charge is -2.09. The molecule has 0 aliphatic carbocycles. The van der Waals surface area contributed by atoms with Crippen molar-refractivity contribution in [2.24, 2.45) is 0 Å². The minimum absolute atomic E-state index is 0.237. The number of halogens is 2. The summed E-state index contributed by atoms with van der Waals surface area (Å²) >= 11 is 6.12. The second-order valence-electron chi connectivity index (χ2n) is 5.56. The molecular weight excluding hydrogens is 341 g/mol. The van der Waals surface area contributed by atoms with Gasteiger partial charge in [0.1, 0.15) is 5.82 Å². The van der Waals surface area contributed by atoms with Crippen molar-refractivity contribution in [3.63, 3.8) is 0 Å². The van der Waals surface area contributed by atoms with Crippen LogP contribution in [0.15, 0.2) is 48.7 Å². The maximum atomic E-state index is 12.9. The maximum absolute atomic E-state index is 12.9. The van der Waals surface area contributed by atoms with Gasteiger partial charge in [0.2, 0.25) is 5.95 Å². The average Bonchev–Trinajstić information content (AvgIpc) is 2.60. The second kappa shape index (κ2) is 7.90. The zero-order chi connectivity index (χ0) is 17.6. The zero-order valence-electron chi connectivity index (χ0n) is 13.6. The van der Waals surface area contributed by atoms with Crippen LogP contribution >= 0.6 is 11.6 Å². The summed E-state index contributed by atoms with van der Waals surface area (Å²) in [6.45, 7) is 2.56. The van der Waals surface area contributed by atoms with E-state index < -0.39 is 0 Å². The molecule has 2 N–H and O–H groups in total. The SMILES string of the molecule is Cc1ccc(Nc2cnnc(NCCc3ccc(F)cc3)n2)cc1Cl.